The second kappa shape index (κ2) is 72.2. The van der Waals surface area contributed by atoms with Crippen molar-refractivity contribution in [2.45, 2.75) is 103 Å². The quantitative estimate of drug-likeness (QED) is 0.00360. The van der Waals surface area contributed by atoms with E-state index in [1.165, 1.54) is 63.3 Å². The van der Waals surface area contributed by atoms with E-state index in [1.807, 2.05) is 48.5 Å². The molecule has 39 nitrogen and oxygen atoms in total. The number of benzene rings is 7. The molecule has 1 aliphatic heterocycles. The van der Waals surface area contributed by atoms with Crippen LogP contribution in [0, 0.1) is 30.3 Å². The Hall–Kier alpha value is -12.2. The van der Waals surface area contributed by atoms with Crippen molar-refractivity contribution < 1.29 is 166 Å². The van der Waals surface area contributed by atoms with Crippen LogP contribution in [-0.2, 0) is 68.6 Å². The van der Waals surface area contributed by atoms with Gasteiger partial charge in [0.2, 0.25) is 11.8 Å². The summed E-state index contributed by atoms with van der Waals surface area (Å²) in [5.41, 5.74) is 26.4. The fourth-order valence-corrected chi connectivity index (χ4v) is 8.93. The number of anilines is 2. The molecule has 1 fully saturated rings. The number of methoxy groups -OCH3 is 4. The van der Waals surface area contributed by atoms with Crippen molar-refractivity contribution in [3.63, 3.8) is 0 Å². The summed E-state index contributed by atoms with van der Waals surface area (Å²) in [7, 11) is 5.02. The molecule has 0 atom stereocenters. The molecule has 0 aromatic heterocycles. The molecule has 0 radical (unpaired) electrons. The smallest absolute Gasteiger partial charge is 0.508 e. The van der Waals surface area contributed by atoms with Crippen LogP contribution in [0.25, 0.3) is 0 Å². The van der Waals surface area contributed by atoms with Crippen LogP contribution >= 0.6 is 0 Å². The maximum absolute atomic E-state index is 11.7. The van der Waals surface area contributed by atoms with Gasteiger partial charge in [0.15, 0.2) is 0 Å². The second-order valence-corrected chi connectivity index (χ2v) is 23.4. The van der Waals surface area contributed by atoms with E-state index in [0.29, 0.717) is 79.6 Å². The number of non-ortho nitro benzene ring substituents is 1. The third kappa shape index (κ3) is 57.5. The summed E-state index contributed by atoms with van der Waals surface area (Å²) in [6.45, 7) is 3.92. The maximum Gasteiger partial charge on any atom is 1.00 e. The van der Waals surface area contributed by atoms with Crippen LogP contribution in [0.15, 0.2) is 181 Å². The number of phenolic OH excluding ortho intramolecular Hbond substituents is 4. The molecule has 6 amide bonds. The molecule has 1 heterocycles. The number of esters is 1. The van der Waals surface area contributed by atoms with Crippen molar-refractivity contribution in [2.24, 2.45) is 22.1 Å². The Kier molecular flexibility index (Phi) is 68.6. The van der Waals surface area contributed by atoms with Crippen molar-refractivity contribution in [3.05, 3.63) is 239 Å². The van der Waals surface area contributed by atoms with E-state index in [9.17, 15) is 68.3 Å². The summed E-state index contributed by atoms with van der Waals surface area (Å²) in [4.78, 5) is 138. The zero-order chi connectivity index (χ0) is 88.1. The number of nitrogens with one attached hydrogen (secondary N) is 4. The van der Waals surface area contributed by atoms with Crippen LogP contribution in [0.3, 0.4) is 0 Å². The van der Waals surface area contributed by atoms with Gasteiger partial charge in [-0.05, 0) is 160 Å². The van der Waals surface area contributed by atoms with Crippen molar-refractivity contribution in [1.82, 2.24) is 26.3 Å². The number of nitrogen functional groups attached to an aromatic ring is 2. The van der Waals surface area contributed by atoms with Gasteiger partial charge >= 0.3 is 95.4 Å². The number of carbonyl (C=O) groups excluding carboxylic acids is 8. The monoisotopic (exact) mass is 1680 g/mol. The van der Waals surface area contributed by atoms with Crippen LogP contribution in [0.4, 0.5) is 31.4 Å². The van der Waals surface area contributed by atoms with Gasteiger partial charge in [-0.25, -0.2) is 28.8 Å². The number of para-hydroxylation sites is 4. The van der Waals surface area contributed by atoms with Crippen LogP contribution in [0.5, 0.6) is 23.0 Å². The van der Waals surface area contributed by atoms with Crippen molar-refractivity contribution in [3.8, 4) is 23.0 Å². The standard InChI is InChI=1S/C17H26N2O4.C15H24N2O2.C10H13NO3.C8H7NO4.C8H11NO.2C7H7NO2.C6H7NO5.2HNO2.2Na/c1-23-17(22)19-13-7-3-2-6-12-18-16(21)11-10-14-8-4-5-9-15(14)20;16-11-5-1-2-6-12-17-15(19)10-9-13-7-3-4-8-14(13)18;1-14-10(13)11-7-6-8-2-4-9(12)5-3-8;1-13-8(10)6-2-4-7(5-3-6)9(11)12;9-6-5-7-1-3-8(10)4-2-7;2*8-6-4-2-1-3-5(6)7(9)10;1-11-6(10)12-7-4(8)2-3-5(7)9;2*2-1-3;;/h4-5,8-9,20H,2-3,6-7,10-13H2,1H3,(H,18,21)(H,19,22);3-4,7-8,18H,1-2,5-6,9-12,16H2,(H,17,19);2-5,12H,6-7H2,1H3,(H,11,13);2-5H,1H3;1-4,10H,5-6,9H2;2*1-4H,8H2,(H,9,10);2-3H2,1H3;2*(H,2,3);;/q;;;;;;;;;;2*+1/p-2. The Morgan fingerprint density at radius 2 is 0.824 bits per heavy atom. The number of carboxylic acid groups (broad SMARTS) is 2. The van der Waals surface area contributed by atoms with Gasteiger partial charge in [-0.15, -0.1) is 10.7 Å². The first kappa shape index (κ1) is 113. The molecule has 8 rings (SSSR count). The number of alkyl carbamates (subject to hydrolysis) is 2. The zero-order valence-corrected chi connectivity index (χ0v) is 71.1. The number of nitro benzene ring substituents is 1. The predicted molar refractivity (Wildman–Crippen MR) is 431 cm³/mol. The van der Waals surface area contributed by atoms with Gasteiger partial charge in [0.25, 0.3) is 17.5 Å². The Labute approximate surface area is 731 Å². The second-order valence-electron chi connectivity index (χ2n) is 23.4. The van der Waals surface area contributed by atoms with Gasteiger partial charge in [-0.1, -0.05) is 116 Å². The largest absolute Gasteiger partial charge is 1.00 e. The van der Waals surface area contributed by atoms with E-state index in [0.717, 1.165) is 112 Å². The molecular formula is C78H102N12Na2O27. The molecule has 0 spiro atoms. The number of phenols is 4. The van der Waals surface area contributed by atoms with E-state index in [4.69, 9.17) is 63.6 Å². The number of aryl methyl sites for hydroxylation is 2. The molecule has 119 heavy (non-hydrogen) atoms. The number of unbranched alkanes of at least 4 members (excludes halogenated alkanes) is 6. The first-order valence-electron chi connectivity index (χ1n) is 35.6. The first-order valence-corrected chi connectivity index (χ1v) is 35.6. The van der Waals surface area contributed by atoms with Crippen molar-refractivity contribution >= 4 is 76.9 Å². The third-order valence-electron chi connectivity index (χ3n) is 15.0. The Bertz CT molecular complexity index is 4010. The van der Waals surface area contributed by atoms with Gasteiger partial charge in [-0.3, -0.25) is 34.1 Å². The van der Waals surface area contributed by atoms with E-state index < -0.39 is 53.0 Å². The van der Waals surface area contributed by atoms with Crippen molar-refractivity contribution in [2.75, 3.05) is 79.2 Å². The number of hydrogen-bond acceptors (Lipinski definition) is 31. The third-order valence-corrected chi connectivity index (χ3v) is 15.0. The summed E-state index contributed by atoms with van der Waals surface area (Å²) in [5.74, 6) is -2.43. The summed E-state index contributed by atoms with van der Waals surface area (Å²) in [5, 5.41) is 93.7. The number of hydroxylamine groups is 2. The number of carboxylic acids is 2. The molecule has 1 aliphatic rings. The normalized spacial score (nSPS) is 9.98. The predicted octanol–water partition coefficient (Wildman–Crippen LogP) is 4.16. The molecular weight excluding hydrogens is 1580 g/mol. The number of ether oxygens (including phenoxy) is 4. The summed E-state index contributed by atoms with van der Waals surface area (Å²) >= 11 is 0. The van der Waals surface area contributed by atoms with Gasteiger partial charge in [0.1, 0.15) is 23.0 Å². The number of amides is 6. The topological polar surface area (TPSA) is 642 Å². The van der Waals surface area contributed by atoms with Crippen LogP contribution in [0.1, 0.15) is 130 Å². The number of aromatic hydroxyl groups is 4. The average molecular weight is 1690 g/mol. The number of nitrogens with zero attached hydrogens (tertiary/aromatic N) is 4. The van der Waals surface area contributed by atoms with Crippen LogP contribution in [-0.4, -0.2) is 168 Å². The van der Waals surface area contributed by atoms with E-state index in [-0.39, 0.29) is 118 Å². The molecule has 18 N–H and O–H groups in total. The molecule has 1 saturated heterocycles. The molecule has 7 aromatic rings. The van der Waals surface area contributed by atoms with Gasteiger partial charge in [0, 0.05) is 75.4 Å². The van der Waals surface area contributed by atoms with Gasteiger partial charge in [0.05, 0.1) is 50.1 Å². The Balaban J connectivity index is -0.000000637. The number of carbonyl (C=O) groups is 10. The Morgan fingerprint density at radius 3 is 1.16 bits per heavy atom. The summed E-state index contributed by atoms with van der Waals surface area (Å²) in [6, 6.07) is 46.1. The molecule has 41 heteroatoms. The number of nitrogens with two attached hydrogens (primary N) is 4. The number of imide groups is 1. The van der Waals surface area contributed by atoms with E-state index in [2.05, 4.69) is 45.1 Å². The molecule has 7 aromatic carbocycles. The number of rotatable bonds is 29. The fraction of sp³-hybridized carbons (Fsp3) is 0.333. The van der Waals surface area contributed by atoms with Crippen LogP contribution in [0.2, 0.25) is 0 Å². The van der Waals surface area contributed by atoms with Gasteiger partial charge in [-0.2, -0.15) is 0 Å². The minimum absolute atomic E-state index is 0. The molecule has 0 bridgehead atoms. The number of aromatic carboxylic acids is 2. The summed E-state index contributed by atoms with van der Waals surface area (Å²) < 4.78 is 17.4. The molecule has 0 saturated carbocycles. The van der Waals surface area contributed by atoms with Crippen LogP contribution < -0.4 is 103 Å². The molecule has 638 valence electrons. The van der Waals surface area contributed by atoms with E-state index >= 15 is 0 Å². The van der Waals surface area contributed by atoms with Gasteiger partial charge < -0.3 is 114 Å². The fourth-order valence-electron chi connectivity index (χ4n) is 8.93. The SMILES string of the molecule is COC(=O)NCCCCCCNC(=O)CCc1ccccc1O.COC(=O)NCCc1ccc(O)cc1.COC(=O)ON1C(=O)CCC1=O.COC(=O)c1ccc([N+](=O)[O-])cc1.NCCCCCCNC(=O)CCc1ccccc1O.NCCc1ccc(O)cc1.Nc1ccccc1C(=O)O.Nc1ccccc1C(=O)O.O=N[O-].O=N[O-].[Na+].[Na+]. The molecule has 0 unspecified atom stereocenters. The van der Waals surface area contributed by atoms with Crippen molar-refractivity contribution in [1.29, 1.82) is 0 Å². The number of hydrogen-bond donors (Lipinski definition) is 14. The number of nitro groups is 1. The minimum atomic E-state index is -1.07. The summed E-state index contributed by atoms with van der Waals surface area (Å²) in [6.07, 6.45) is 9.87. The zero-order valence-electron chi connectivity index (χ0n) is 67.1. The average Bonchev–Trinajstić information content (AvgIpc) is 1.83. The minimum Gasteiger partial charge on any atom is -0.508 e. The molecule has 0 aliphatic carbocycles. The first-order chi connectivity index (χ1) is 56.0. The Morgan fingerprint density at radius 1 is 0.462 bits per heavy atom. The maximum atomic E-state index is 11.7. The van der Waals surface area contributed by atoms with E-state index in [1.54, 1.807) is 84.9 Å².